The summed E-state index contributed by atoms with van der Waals surface area (Å²) in [6, 6.07) is 21.7. The molecule has 0 spiro atoms. The van der Waals surface area contributed by atoms with E-state index < -0.39 is 29.7 Å². The van der Waals surface area contributed by atoms with E-state index >= 15 is 0 Å². The van der Waals surface area contributed by atoms with Crippen molar-refractivity contribution in [2.45, 2.75) is 39.3 Å². The molecule has 35 heavy (non-hydrogen) atoms. The predicted molar refractivity (Wildman–Crippen MR) is 134 cm³/mol. The van der Waals surface area contributed by atoms with Gasteiger partial charge in [0.05, 0.1) is 18.7 Å². The fraction of sp³-hybridized carbons (Fsp3) is 0.286. The van der Waals surface area contributed by atoms with Crippen LogP contribution < -0.4 is 10.6 Å². The van der Waals surface area contributed by atoms with Crippen molar-refractivity contribution in [3.63, 3.8) is 0 Å². The molecule has 7 heteroatoms. The van der Waals surface area contributed by atoms with E-state index in [0.717, 1.165) is 11.1 Å². The van der Waals surface area contributed by atoms with Crippen LogP contribution in [-0.4, -0.2) is 27.9 Å². The average Bonchev–Trinajstić information content (AvgIpc) is 2.86. The van der Waals surface area contributed by atoms with E-state index in [1.54, 1.807) is 18.3 Å². The van der Waals surface area contributed by atoms with Crippen LogP contribution >= 0.6 is 0 Å². The number of nitrogens with one attached hydrogen (secondary N) is 2. The van der Waals surface area contributed by atoms with Crippen molar-refractivity contribution < 1.29 is 19.5 Å². The van der Waals surface area contributed by atoms with Gasteiger partial charge in [-0.05, 0) is 41.2 Å². The number of rotatable bonds is 11. The fourth-order valence-corrected chi connectivity index (χ4v) is 3.90. The highest BCUT2D eigenvalue weighted by Crippen LogP contribution is 2.24. The number of hydrogen-bond donors (Lipinski definition) is 3. The van der Waals surface area contributed by atoms with Gasteiger partial charge in [-0.3, -0.25) is 19.4 Å². The van der Waals surface area contributed by atoms with E-state index in [1.807, 2.05) is 74.5 Å². The molecule has 0 aliphatic carbocycles. The number of benzene rings is 2. The first kappa shape index (κ1) is 25.6. The Balaban J connectivity index is 1.83. The van der Waals surface area contributed by atoms with E-state index in [1.165, 1.54) is 0 Å². The van der Waals surface area contributed by atoms with Crippen LogP contribution in [-0.2, 0) is 20.9 Å². The van der Waals surface area contributed by atoms with Gasteiger partial charge in [0.2, 0.25) is 11.8 Å². The summed E-state index contributed by atoms with van der Waals surface area (Å²) in [6.07, 6.45) is 1.76. The number of carbonyl (C=O) groups excluding carboxylic acids is 2. The van der Waals surface area contributed by atoms with E-state index in [9.17, 15) is 19.5 Å². The molecular weight excluding hydrogens is 442 g/mol. The van der Waals surface area contributed by atoms with Gasteiger partial charge in [-0.1, -0.05) is 74.5 Å². The average molecular weight is 474 g/mol. The lowest BCUT2D eigenvalue weighted by molar-refractivity contribution is -0.141. The Morgan fingerprint density at radius 3 is 2.11 bits per heavy atom. The van der Waals surface area contributed by atoms with Crippen molar-refractivity contribution >= 4 is 17.8 Å². The highest BCUT2D eigenvalue weighted by molar-refractivity contribution is 5.90. The van der Waals surface area contributed by atoms with Crippen LogP contribution in [0.3, 0.4) is 0 Å². The van der Waals surface area contributed by atoms with Gasteiger partial charge in [-0.2, -0.15) is 0 Å². The second kappa shape index (κ2) is 12.5. The number of nitrogens with zero attached hydrogens (tertiary/aromatic N) is 1. The smallest absolute Gasteiger partial charge is 0.304 e. The molecule has 0 aliphatic rings. The van der Waals surface area contributed by atoms with Crippen molar-refractivity contribution in [1.82, 2.24) is 15.6 Å². The Labute approximate surface area is 205 Å². The topological polar surface area (TPSA) is 108 Å². The molecule has 2 aromatic carbocycles. The number of aliphatic carboxylic acids is 1. The maximum atomic E-state index is 13.2. The number of carboxylic acids is 1. The molecule has 0 fully saturated rings. The molecule has 0 saturated heterocycles. The number of carboxylic acid groups (broad SMARTS) is 1. The molecule has 3 N–H and O–H groups in total. The van der Waals surface area contributed by atoms with Gasteiger partial charge in [0, 0.05) is 12.1 Å². The number of amides is 2. The molecule has 7 nitrogen and oxygen atoms in total. The number of hydrogen-bond acceptors (Lipinski definition) is 4. The lowest BCUT2D eigenvalue weighted by Gasteiger charge is -2.23. The van der Waals surface area contributed by atoms with Gasteiger partial charge in [-0.25, -0.2) is 0 Å². The molecule has 0 bridgehead atoms. The van der Waals surface area contributed by atoms with Crippen LogP contribution in [0.2, 0.25) is 0 Å². The van der Waals surface area contributed by atoms with Crippen molar-refractivity contribution in [2.75, 3.05) is 0 Å². The van der Waals surface area contributed by atoms with Gasteiger partial charge in [-0.15, -0.1) is 0 Å². The SMILES string of the molecule is CC(C)C[C@H](CC(=O)O)C(=O)NC(C(=O)NCc1ccccn1)c1ccc(-c2ccccc2)cc1. The summed E-state index contributed by atoms with van der Waals surface area (Å²) >= 11 is 0. The normalized spacial score (nSPS) is 12.5. The minimum Gasteiger partial charge on any atom is -0.481 e. The van der Waals surface area contributed by atoms with Gasteiger partial charge >= 0.3 is 5.97 Å². The van der Waals surface area contributed by atoms with Crippen molar-refractivity contribution in [3.05, 3.63) is 90.3 Å². The van der Waals surface area contributed by atoms with Crippen LogP contribution in [0, 0.1) is 11.8 Å². The molecule has 0 saturated carbocycles. The molecule has 2 atom stereocenters. The zero-order valence-corrected chi connectivity index (χ0v) is 20.0. The molecule has 1 heterocycles. The number of carbonyl (C=O) groups is 3. The van der Waals surface area contributed by atoms with Gasteiger partial charge in [0.1, 0.15) is 6.04 Å². The molecule has 0 radical (unpaired) electrons. The Kier molecular flexibility index (Phi) is 9.12. The largest absolute Gasteiger partial charge is 0.481 e. The number of aromatic nitrogens is 1. The Hall–Kier alpha value is -4.00. The van der Waals surface area contributed by atoms with Crippen LogP contribution in [0.25, 0.3) is 11.1 Å². The van der Waals surface area contributed by atoms with E-state index in [4.69, 9.17) is 0 Å². The molecule has 3 rings (SSSR count). The molecule has 182 valence electrons. The first-order valence-electron chi connectivity index (χ1n) is 11.7. The van der Waals surface area contributed by atoms with Gasteiger partial charge in [0.15, 0.2) is 0 Å². The first-order chi connectivity index (χ1) is 16.8. The van der Waals surface area contributed by atoms with Crippen molar-refractivity contribution in [2.24, 2.45) is 11.8 Å². The quantitative estimate of drug-likeness (QED) is 0.383. The molecule has 3 aromatic rings. The minimum absolute atomic E-state index is 0.131. The summed E-state index contributed by atoms with van der Waals surface area (Å²) in [5, 5.41) is 14.9. The zero-order chi connectivity index (χ0) is 25.2. The molecule has 1 aromatic heterocycles. The van der Waals surface area contributed by atoms with Crippen LogP contribution in [0.5, 0.6) is 0 Å². The molecule has 2 amide bonds. The summed E-state index contributed by atoms with van der Waals surface area (Å²) in [7, 11) is 0. The summed E-state index contributed by atoms with van der Waals surface area (Å²) in [5.41, 5.74) is 3.32. The summed E-state index contributed by atoms with van der Waals surface area (Å²) in [4.78, 5) is 41.9. The third-order valence-corrected chi connectivity index (χ3v) is 5.62. The Morgan fingerprint density at radius 1 is 0.857 bits per heavy atom. The second-order valence-electron chi connectivity index (χ2n) is 8.89. The molecule has 0 aliphatic heterocycles. The van der Waals surface area contributed by atoms with Crippen LogP contribution in [0.1, 0.15) is 44.0 Å². The van der Waals surface area contributed by atoms with Gasteiger partial charge < -0.3 is 15.7 Å². The maximum absolute atomic E-state index is 13.2. The standard InChI is InChI=1S/C28H31N3O4/c1-19(2)16-23(17-25(32)33)27(34)31-26(28(35)30-18-24-10-6-7-15-29-24)22-13-11-21(12-14-22)20-8-4-3-5-9-20/h3-15,19,23,26H,16-18H2,1-2H3,(H,30,35)(H,31,34)(H,32,33)/t23-,26?/m1/s1. The summed E-state index contributed by atoms with van der Waals surface area (Å²) < 4.78 is 0. The highest BCUT2D eigenvalue weighted by atomic mass is 16.4. The van der Waals surface area contributed by atoms with Crippen molar-refractivity contribution in [1.29, 1.82) is 0 Å². The summed E-state index contributed by atoms with van der Waals surface area (Å²) in [5.74, 6) is -2.50. The lowest BCUT2D eigenvalue weighted by Crippen LogP contribution is -2.43. The minimum atomic E-state index is -1.05. The van der Waals surface area contributed by atoms with Crippen LogP contribution in [0.4, 0.5) is 0 Å². The maximum Gasteiger partial charge on any atom is 0.304 e. The monoisotopic (exact) mass is 473 g/mol. The predicted octanol–water partition coefficient (Wildman–Crippen LogP) is 4.36. The molecular formula is C28H31N3O4. The Bertz CT molecular complexity index is 1120. The second-order valence-corrected chi connectivity index (χ2v) is 8.89. The van der Waals surface area contributed by atoms with Crippen LogP contribution in [0.15, 0.2) is 79.0 Å². The van der Waals surface area contributed by atoms with Crippen molar-refractivity contribution in [3.8, 4) is 11.1 Å². The van der Waals surface area contributed by atoms with E-state index in [2.05, 4.69) is 15.6 Å². The Morgan fingerprint density at radius 2 is 1.51 bits per heavy atom. The fourth-order valence-electron chi connectivity index (χ4n) is 3.90. The summed E-state index contributed by atoms with van der Waals surface area (Å²) in [6.45, 7) is 4.07. The third-order valence-electron chi connectivity index (χ3n) is 5.62. The van der Waals surface area contributed by atoms with E-state index in [0.29, 0.717) is 17.7 Å². The zero-order valence-electron chi connectivity index (χ0n) is 20.0. The highest BCUT2D eigenvalue weighted by Gasteiger charge is 2.29. The number of pyridine rings is 1. The first-order valence-corrected chi connectivity index (χ1v) is 11.7. The lowest BCUT2D eigenvalue weighted by atomic mass is 9.92. The van der Waals surface area contributed by atoms with Gasteiger partial charge in [0.25, 0.3) is 0 Å². The molecule has 1 unspecified atom stereocenters. The van der Waals surface area contributed by atoms with E-state index in [-0.39, 0.29) is 18.9 Å². The third kappa shape index (κ3) is 7.78.